The Bertz CT molecular complexity index is 981. The van der Waals surface area contributed by atoms with Crippen LogP contribution < -0.4 is 4.74 Å². The molecule has 0 bridgehead atoms. The number of benzene rings is 3. The number of carbonyl (C=O) groups excluding carboxylic acids is 1. The van der Waals surface area contributed by atoms with Gasteiger partial charge in [-0.15, -0.1) is 0 Å². The molecule has 130 valence electrons. The standard InChI is InChI=1S/C21H17NO4/c1-14-8-9-15(2)20(12-14)26-17-10-11-19(22(24)25)18(13-17)21(23)16-6-4-3-5-7-16/h3-13H,1-2H3. The van der Waals surface area contributed by atoms with Crippen molar-refractivity contribution in [2.45, 2.75) is 13.8 Å². The lowest BCUT2D eigenvalue weighted by atomic mass is 10.0. The summed E-state index contributed by atoms with van der Waals surface area (Å²) < 4.78 is 5.88. The van der Waals surface area contributed by atoms with Crippen molar-refractivity contribution in [3.63, 3.8) is 0 Å². The molecular formula is C21H17NO4. The predicted octanol–water partition coefficient (Wildman–Crippen LogP) is 5.23. The summed E-state index contributed by atoms with van der Waals surface area (Å²) in [5.74, 6) is 0.615. The van der Waals surface area contributed by atoms with Crippen LogP contribution in [-0.2, 0) is 0 Å². The average Bonchev–Trinajstić information content (AvgIpc) is 2.64. The monoisotopic (exact) mass is 347 g/mol. The number of aryl methyl sites for hydroxylation is 2. The van der Waals surface area contributed by atoms with Crippen molar-refractivity contribution in [3.8, 4) is 11.5 Å². The summed E-state index contributed by atoms with van der Waals surface area (Å²) in [6.07, 6.45) is 0. The Morgan fingerprint density at radius 1 is 0.962 bits per heavy atom. The van der Waals surface area contributed by atoms with Crippen molar-refractivity contribution in [1.82, 2.24) is 0 Å². The zero-order chi connectivity index (χ0) is 18.7. The van der Waals surface area contributed by atoms with E-state index < -0.39 is 10.7 Å². The molecule has 3 aromatic rings. The summed E-state index contributed by atoms with van der Waals surface area (Å²) in [5, 5.41) is 11.3. The van der Waals surface area contributed by atoms with Crippen LogP contribution in [0.4, 0.5) is 5.69 Å². The highest BCUT2D eigenvalue weighted by Crippen LogP contribution is 2.31. The van der Waals surface area contributed by atoms with Crippen LogP contribution in [0.2, 0.25) is 0 Å². The van der Waals surface area contributed by atoms with Gasteiger partial charge in [-0.25, -0.2) is 0 Å². The van der Waals surface area contributed by atoms with E-state index in [-0.39, 0.29) is 11.3 Å². The lowest BCUT2D eigenvalue weighted by molar-refractivity contribution is -0.385. The molecule has 0 unspecified atom stereocenters. The third kappa shape index (κ3) is 3.62. The van der Waals surface area contributed by atoms with Gasteiger partial charge in [0.15, 0.2) is 5.78 Å². The molecule has 0 saturated carbocycles. The van der Waals surface area contributed by atoms with E-state index in [2.05, 4.69) is 0 Å². The molecule has 0 spiro atoms. The molecule has 0 radical (unpaired) electrons. The lowest BCUT2D eigenvalue weighted by Crippen LogP contribution is -2.05. The third-order valence-corrected chi connectivity index (χ3v) is 4.02. The van der Waals surface area contributed by atoms with Crippen molar-refractivity contribution in [1.29, 1.82) is 0 Å². The van der Waals surface area contributed by atoms with Gasteiger partial charge >= 0.3 is 0 Å². The van der Waals surface area contributed by atoms with Crippen LogP contribution in [0.1, 0.15) is 27.0 Å². The Labute approximate surface area is 151 Å². The molecule has 26 heavy (non-hydrogen) atoms. The molecule has 0 saturated heterocycles. The zero-order valence-electron chi connectivity index (χ0n) is 14.4. The lowest BCUT2D eigenvalue weighted by Gasteiger charge is -2.11. The summed E-state index contributed by atoms with van der Waals surface area (Å²) in [6.45, 7) is 3.86. The minimum absolute atomic E-state index is 0.00371. The average molecular weight is 347 g/mol. The minimum atomic E-state index is -0.558. The van der Waals surface area contributed by atoms with Crippen LogP contribution in [0.5, 0.6) is 11.5 Å². The van der Waals surface area contributed by atoms with Crippen LogP contribution >= 0.6 is 0 Å². The van der Waals surface area contributed by atoms with E-state index >= 15 is 0 Å². The van der Waals surface area contributed by atoms with Crippen LogP contribution in [0.15, 0.2) is 66.7 Å². The molecule has 0 heterocycles. The summed E-state index contributed by atoms with van der Waals surface area (Å²) in [7, 11) is 0. The van der Waals surface area contributed by atoms with Crippen LogP contribution in [0, 0.1) is 24.0 Å². The second kappa shape index (κ2) is 7.19. The van der Waals surface area contributed by atoms with Crippen LogP contribution in [-0.4, -0.2) is 10.7 Å². The Morgan fingerprint density at radius 3 is 2.38 bits per heavy atom. The number of nitrogens with zero attached hydrogens (tertiary/aromatic N) is 1. The number of hydrogen-bond acceptors (Lipinski definition) is 4. The number of carbonyl (C=O) groups is 1. The zero-order valence-corrected chi connectivity index (χ0v) is 14.4. The van der Waals surface area contributed by atoms with Crippen LogP contribution in [0.3, 0.4) is 0 Å². The SMILES string of the molecule is Cc1ccc(C)c(Oc2ccc([N+](=O)[O-])c(C(=O)c3ccccc3)c2)c1. The minimum Gasteiger partial charge on any atom is -0.457 e. The molecule has 0 atom stereocenters. The molecule has 5 nitrogen and oxygen atoms in total. The number of ether oxygens (including phenoxy) is 1. The number of rotatable bonds is 5. The molecular weight excluding hydrogens is 330 g/mol. The maximum atomic E-state index is 12.7. The fraction of sp³-hybridized carbons (Fsp3) is 0.0952. The quantitative estimate of drug-likeness (QED) is 0.360. The number of hydrogen-bond donors (Lipinski definition) is 0. The Kier molecular flexibility index (Phi) is 4.80. The summed E-state index contributed by atoms with van der Waals surface area (Å²) in [4.78, 5) is 23.5. The molecule has 0 aliphatic heterocycles. The molecule has 0 fully saturated rings. The first-order valence-electron chi connectivity index (χ1n) is 8.09. The van der Waals surface area contributed by atoms with Crippen molar-refractivity contribution in [3.05, 3.63) is 99.1 Å². The van der Waals surface area contributed by atoms with E-state index in [1.54, 1.807) is 30.3 Å². The molecule has 3 rings (SSSR count). The maximum Gasteiger partial charge on any atom is 0.280 e. The van der Waals surface area contributed by atoms with E-state index in [9.17, 15) is 14.9 Å². The number of ketones is 1. The van der Waals surface area contributed by atoms with Gasteiger partial charge in [0, 0.05) is 11.6 Å². The topological polar surface area (TPSA) is 69.4 Å². The van der Waals surface area contributed by atoms with Gasteiger partial charge in [-0.05, 0) is 43.2 Å². The first-order valence-corrected chi connectivity index (χ1v) is 8.09. The van der Waals surface area contributed by atoms with Crippen LogP contribution in [0.25, 0.3) is 0 Å². The normalized spacial score (nSPS) is 10.4. The molecule has 0 aromatic heterocycles. The van der Waals surface area contributed by atoms with E-state index in [1.165, 1.54) is 18.2 Å². The van der Waals surface area contributed by atoms with Gasteiger partial charge in [0.05, 0.1) is 4.92 Å². The fourth-order valence-electron chi connectivity index (χ4n) is 2.61. The van der Waals surface area contributed by atoms with Gasteiger partial charge in [-0.2, -0.15) is 0 Å². The van der Waals surface area contributed by atoms with Crippen molar-refractivity contribution in [2.24, 2.45) is 0 Å². The van der Waals surface area contributed by atoms with Crippen molar-refractivity contribution >= 4 is 11.5 Å². The molecule has 0 aliphatic rings. The highest BCUT2D eigenvalue weighted by molar-refractivity contribution is 6.11. The first kappa shape index (κ1) is 17.4. The van der Waals surface area contributed by atoms with Gasteiger partial charge in [0.1, 0.15) is 17.1 Å². The highest BCUT2D eigenvalue weighted by atomic mass is 16.6. The summed E-state index contributed by atoms with van der Waals surface area (Å²) in [5.41, 5.74) is 2.12. The number of nitro groups is 1. The van der Waals surface area contributed by atoms with Gasteiger partial charge in [-0.3, -0.25) is 14.9 Å². The largest absolute Gasteiger partial charge is 0.457 e. The molecule has 0 aliphatic carbocycles. The molecule has 5 heteroatoms. The molecule has 0 amide bonds. The number of nitro benzene ring substituents is 1. The van der Waals surface area contributed by atoms with E-state index in [4.69, 9.17) is 4.74 Å². The molecule has 3 aromatic carbocycles. The fourth-order valence-corrected chi connectivity index (χ4v) is 2.61. The second-order valence-electron chi connectivity index (χ2n) is 6.00. The third-order valence-electron chi connectivity index (χ3n) is 4.02. The second-order valence-corrected chi connectivity index (χ2v) is 6.00. The predicted molar refractivity (Wildman–Crippen MR) is 99.0 cm³/mol. The van der Waals surface area contributed by atoms with E-state index in [1.807, 2.05) is 32.0 Å². The Balaban J connectivity index is 2.03. The first-order chi connectivity index (χ1) is 12.5. The molecule has 0 N–H and O–H groups in total. The Hall–Kier alpha value is -3.47. The highest BCUT2D eigenvalue weighted by Gasteiger charge is 2.22. The Morgan fingerprint density at radius 2 is 1.69 bits per heavy atom. The smallest absolute Gasteiger partial charge is 0.280 e. The van der Waals surface area contributed by atoms with Gasteiger partial charge in [0.25, 0.3) is 5.69 Å². The van der Waals surface area contributed by atoms with Crippen molar-refractivity contribution in [2.75, 3.05) is 0 Å². The van der Waals surface area contributed by atoms with Gasteiger partial charge in [0.2, 0.25) is 0 Å². The van der Waals surface area contributed by atoms with Crippen molar-refractivity contribution < 1.29 is 14.5 Å². The van der Waals surface area contributed by atoms with Gasteiger partial charge < -0.3 is 4.74 Å². The maximum absolute atomic E-state index is 12.7. The van der Waals surface area contributed by atoms with E-state index in [0.29, 0.717) is 17.1 Å². The summed E-state index contributed by atoms with van der Waals surface area (Å²) >= 11 is 0. The van der Waals surface area contributed by atoms with Gasteiger partial charge in [-0.1, -0.05) is 42.5 Å². The van der Waals surface area contributed by atoms with E-state index in [0.717, 1.165) is 11.1 Å². The summed E-state index contributed by atoms with van der Waals surface area (Å²) in [6, 6.07) is 18.5.